The lowest BCUT2D eigenvalue weighted by Gasteiger charge is -2.36. The minimum absolute atomic E-state index is 0.00916. The molecule has 0 aliphatic carbocycles. The number of benzene rings is 3. The van der Waals surface area contributed by atoms with Crippen molar-refractivity contribution in [3.05, 3.63) is 76.9 Å². The van der Waals surface area contributed by atoms with Crippen LogP contribution in [0.3, 0.4) is 0 Å². The summed E-state index contributed by atoms with van der Waals surface area (Å²) in [5, 5.41) is 26.5. The summed E-state index contributed by atoms with van der Waals surface area (Å²) in [5.74, 6) is 0.194. The summed E-state index contributed by atoms with van der Waals surface area (Å²) in [6.45, 7) is 1.32. The maximum absolute atomic E-state index is 13.1. The molecule has 0 radical (unpaired) electrons. The largest absolute Gasteiger partial charge is 0.508 e. The third-order valence-electron chi connectivity index (χ3n) is 5.49. The molecule has 8 nitrogen and oxygen atoms in total. The van der Waals surface area contributed by atoms with Crippen LogP contribution < -0.4 is 21.1 Å². The molecule has 0 bridgehead atoms. The average Bonchev–Trinajstić information content (AvgIpc) is 3.04. The van der Waals surface area contributed by atoms with Crippen LogP contribution in [0.2, 0.25) is 0 Å². The second-order valence-electron chi connectivity index (χ2n) is 7.53. The molecule has 32 heavy (non-hydrogen) atoms. The number of fused-ring (bicyclic) bond motifs is 6. The Kier molecular flexibility index (Phi) is 4.65. The zero-order valence-corrected chi connectivity index (χ0v) is 17.7. The SMILES string of the molecule is [NH3+]CCNC(=S)Nc1ccc2c(c1)C(=O)OC21c2ccc(O)cc2Oc2cc(O)ccc21. The van der Waals surface area contributed by atoms with Crippen LogP contribution in [0.5, 0.6) is 23.0 Å². The Hall–Kier alpha value is -3.82. The number of carbonyl (C=O) groups excluding carboxylic acids is 1. The highest BCUT2D eigenvalue weighted by Crippen LogP contribution is 2.57. The van der Waals surface area contributed by atoms with Gasteiger partial charge in [0.15, 0.2) is 10.7 Å². The molecule has 0 atom stereocenters. The molecule has 3 aromatic carbocycles. The Labute approximate surface area is 188 Å². The Morgan fingerprint density at radius 2 is 1.59 bits per heavy atom. The van der Waals surface area contributed by atoms with Crippen LogP contribution in [0.1, 0.15) is 27.0 Å². The number of carbonyl (C=O) groups is 1. The van der Waals surface area contributed by atoms with Crippen molar-refractivity contribution in [2.24, 2.45) is 0 Å². The number of hydrogen-bond donors (Lipinski definition) is 5. The molecule has 5 rings (SSSR count). The molecule has 1 spiro atoms. The molecule has 162 valence electrons. The molecule has 2 heterocycles. The first-order valence-electron chi connectivity index (χ1n) is 9.99. The van der Waals surface area contributed by atoms with Gasteiger partial charge in [0, 0.05) is 34.5 Å². The van der Waals surface area contributed by atoms with Crippen molar-refractivity contribution >= 4 is 29.0 Å². The van der Waals surface area contributed by atoms with E-state index in [0.29, 0.717) is 57.6 Å². The number of phenols is 2. The monoisotopic (exact) mass is 450 g/mol. The van der Waals surface area contributed by atoms with E-state index in [1.165, 1.54) is 24.3 Å². The Morgan fingerprint density at radius 3 is 2.22 bits per heavy atom. The van der Waals surface area contributed by atoms with Crippen LogP contribution in [-0.2, 0) is 10.3 Å². The number of aromatic hydroxyl groups is 2. The van der Waals surface area contributed by atoms with Crippen molar-refractivity contribution < 1.29 is 30.2 Å². The zero-order valence-electron chi connectivity index (χ0n) is 16.8. The maximum Gasteiger partial charge on any atom is 0.340 e. The normalized spacial score (nSPS) is 14.6. The summed E-state index contributed by atoms with van der Waals surface area (Å²) < 4.78 is 12.0. The Bertz CT molecular complexity index is 1220. The van der Waals surface area contributed by atoms with Gasteiger partial charge in [-0.3, -0.25) is 0 Å². The standard InChI is InChI=1S/C23H19N3O5S/c24-7-8-25-22(32)26-12-1-4-16-15(9-12)21(29)31-23(16)17-5-2-13(27)10-19(17)30-20-11-14(28)3-6-18(20)23/h1-6,9-11,27-28H,7-8,24H2,(H2,25,26,32)/p+1. The van der Waals surface area contributed by atoms with E-state index < -0.39 is 11.6 Å². The topological polar surface area (TPSA) is 128 Å². The van der Waals surface area contributed by atoms with Gasteiger partial charge in [0.1, 0.15) is 23.0 Å². The van der Waals surface area contributed by atoms with E-state index in [1.54, 1.807) is 18.2 Å². The first kappa shape index (κ1) is 20.1. The van der Waals surface area contributed by atoms with Crippen molar-refractivity contribution in [1.29, 1.82) is 0 Å². The molecule has 2 aliphatic rings. The summed E-state index contributed by atoms with van der Waals surface area (Å²) in [6, 6.07) is 14.6. The molecule has 0 unspecified atom stereocenters. The number of quaternary nitrogens is 1. The van der Waals surface area contributed by atoms with Crippen molar-refractivity contribution in [2.75, 3.05) is 18.4 Å². The molecule has 3 aromatic rings. The van der Waals surface area contributed by atoms with Crippen LogP contribution in [0.25, 0.3) is 0 Å². The minimum Gasteiger partial charge on any atom is -0.508 e. The molecular weight excluding hydrogens is 430 g/mol. The zero-order chi connectivity index (χ0) is 22.5. The number of esters is 1. The number of thiocarbonyl (C=S) groups is 1. The van der Waals surface area contributed by atoms with Crippen molar-refractivity contribution in [1.82, 2.24) is 5.32 Å². The lowest BCUT2D eigenvalue weighted by molar-refractivity contribution is -0.364. The predicted octanol–water partition coefficient (Wildman–Crippen LogP) is 2.19. The average molecular weight is 450 g/mol. The molecule has 2 aliphatic heterocycles. The van der Waals surface area contributed by atoms with E-state index in [4.69, 9.17) is 21.7 Å². The second-order valence-corrected chi connectivity index (χ2v) is 7.94. The molecule has 9 heteroatoms. The highest BCUT2D eigenvalue weighted by Gasteiger charge is 2.53. The number of rotatable bonds is 3. The molecule has 0 saturated heterocycles. The van der Waals surface area contributed by atoms with Gasteiger partial charge in [-0.1, -0.05) is 6.07 Å². The van der Waals surface area contributed by atoms with Gasteiger partial charge >= 0.3 is 5.97 Å². The number of ether oxygens (including phenoxy) is 2. The van der Waals surface area contributed by atoms with Crippen LogP contribution in [0.4, 0.5) is 5.69 Å². The van der Waals surface area contributed by atoms with E-state index in [9.17, 15) is 15.0 Å². The Morgan fingerprint density at radius 1 is 0.969 bits per heavy atom. The molecule has 7 N–H and O–H groups in total. The predicted molar refractivity (Wildman–Crippen MR) is 120 cm³/mol. The quantitative estimate of drug-likeness (QED) is 0.304. The van der Waals surface area contributed by atoms with Crippen LogP contribution in [-0.4, -0.2) is 34.4 Å². The number of nitrogens with one attached hydrogen (secondary N) is 2. The minimum atomic E-state index is -1.28. The fourth-order valence-electron chi connectivity index (χ4n) is 4.16. The fraction of sp³-hybridized carbons (Fsp3) is 0.130. The maximum atomic E-state index is 13.1. The lowest BCUT2D eigenvalue weighted by atomic mass is 9.77. The van der Waals surface area contributed by atoms with Crippen molar-refractivity contribution in [3.8, 4) is 23.0 Å². The number of hydrogen-bond acceptors (Lipinski definition) is 6. The van der Waals surface area contributed by atoms with E-state index >= 15 is 0 Å². The highest BCUT2D eigenvalue weighted by molar-refractivity contribution is 7.80. The first-order chi connectivity index (χ1) is 15.4. The summed E-state index contributed by atoms with van der Waals surface area (Å²) in [4.78, 5) is 13.1. The van der Waals surface area contributed by atoms with Crippen molar-refractivity contribution in [3.63, 3.8) is 0 Å². The lowest BCUT2D eigenvalue weighted by Crippen LogP contribution is -2.55. The summed E-state index contributed by atoms with van der Waals surface area (Å²) in [7, 11) is 0. The first-order valence-corrected chi connectivity index (χ1v) is 10.4. The molecule has 0 fully saturated rings. The van der Waals surface area contributed by atoms with Gasteiger partial charge in [0.2, 0.25) is 0 Å². The van der Waals surface area contributed by atoms with Gasteiger partial charge in [-0.2, -0.15) is 0 Å². The summed E-state index contributed by atoms with van der Waals surface area (Å²) in [6.07, 6.45) is 0. The Balaban J connectivity index is 1.66. The van der Waals surface area contributed by atoms with E-state index in [-0.39, 0.29) is 11.5 Å². The van der Waals surface area contributed by atoms with Gasteiger partial charge in [-0.15, -0.1) is 0 Å². The smallest absolute Gasteiger partial charge is 0.340 e. The molecular formula is C23H20N3O5S+. The number of anilines is 1. The van der Waals surface area contributed by atoms with Gasteiger partial charge in [-0.25, -0.2) is 4.79 Å². The van der Waals surface area contributed by atoms with Crippen molar-refractivity contribution in [2.45, 2.75) is 5.60 Å². The second kappa shape index (κ2) is 7.40. The van der Waals surface area contributed by atoms with Crippen LogP contribution in [0.15, 0.2) is 54.6 Å². The molecule has 0 saturated carbocycles. The molecule has 0 amide bonds. The van der Waals surface area contributed by atoms with Gasteiger partial charge in [0.25, 0.3) is 0 Å². The van der Waals surface area contributed by atoms with E-state index in [1.807, 2.05) is 12.1 Å². The number of phenolic OH excluding ortho intramolecular Hbond substituents is 2. The molecule has 0 aromatic heterocycles. The van der Waals surface area contributed by atoms with E-state index in [2.05, 4.69) is 16.4 Å². The summed E-state index contributed by atoms with van der Waals surface area (Å²) in [5.41, 5.74) is 5.30. The fourth-order valence-corrected chi connectivity index (χ4v) is 4.38. The van der Waals surface area contributed by atoms with Crippen LogP contribution in [0, 0.1) is 0 Å². The third-order valence-corrected chi connectivity index (χ3v) is 5.74. The van der Waals surface area contributed by atoms with Gasteiger partial charge < -0.3 is 36.1 Å². The highest BCUT2D eigenvalue weighted by atomic mass is 32.1. The van der Waals surface area contributed by atoms with Crippen LogP contribution >= 0.6 is 12.2 Å². The summed E-state index contributed by atoms with van der Waals surface area (Å²) >= 11 is 5.28. The van der Waals surface area contributed by atoms with Gasteiger partial charge in [0.05, 0.1) is 18.7 Å². The van der Waals surface area contributed by atoms with Gasteiger partial charge in [-0.05, 0) is 48.6 Å². The third kappa shape index (κ3) is 3.02. The van der Waals surface area contributed by atoms with E-state index in [0.717, 1.165) is 0 Å².